The van der Waals surface area contributed by atoms with E-state index in [1.54, 1.807) is 0 Å². The van der Waals surface area contributed by atoms with E-state index in [1.807, 2.05) is 0 Å². The Balaban J connectivity index is 1.81. The summed E-state index contributed by atoms with van der Waals surface area (Å²) in [7, 11) is -4.37. The second kappa shape index (κ2) is 10.6. The zero-order valence-electron chi connectivity index (χ0n) is 20.7. The summed E-state index contributed by atoms with van der Waals surface area (Å²) in [4.78, 5) is -0.338. The molecule has 0 atom stereocenters. The van der Waals surface area contributed by atoms with Crippen LogP contribution < -0.4 is 0 Å². The zero-order chi connectivity index (χ0) is 30.4. The maximum atomic E-state index is 14.2. The number of benzene rings is 3. The Kier molecular flexibility index (Phi) is 8.00. The maximum Gasteiger partial charge on any atom is 0.430 e. The summed E-state index contributed by atoms with van der Waals surface area (Å²) in [5.41, 5.74) is -7.88. The van der Waals surface area contributed by atoms with Crippen molar-refractivity contribution in [1.29, 1.82) is 0 Å². The molecule has 1 fully saturated rings. The van der Waals surface area contributed by atoms with Gasteiger partial charge in [0.1, 0.15) is 22.2 Å². The van der Waals surface area contributed by atoms with E-state index in [9.17, 15) is 53.0 Å². The first-order valence-corrected chi connectivity index (χ1v) is 13.4. The average molecular weight is 613 g/mol. The fraction of sp³-hybridized carbons (Fsp3) is 0.333. The highest BCUT2D eigenvalue weighted by molar-refractivity contribution is 7.92. The van der Waals surface area contributed by atoms with Crippen molar-refractivity contribution in [2.45, 2.75) is 47.0 Å². The summed E-state index contributed by atoms with van der Waals surface area (Å²) in [6.07, 6.45) is -12.8. The normalized spacial score (nSPS) is 20.1. The van der Waals surface area contributed by atoms with Crippen LogP contribution in [0.15, 0.2) is 71.6 Å². The molecule has 0 radical (unpaired) electrons. The van der Waals surface area contributed by atoms with Crippen molar-refractivity contribution in [3.63, 3.8) is 0 Å². The van der Waals surface area contributed by atoms with Gasteiger partial charge in [-0.1, -0.05) is 30.3 Å². The molecule has 0 spiro atoms. The third kappa shape index (κ3) is 5.10. The zero-order valence-corrected chi connectivity index (χ0v) is 21.6. The lowest BCUT2D eigenvalue weighted by atomic mass is 9.70. The summed E-state index contributed by atoms with van der Waals surface area (Å²) >= 11 is 0. The molecule has 41 heavy (non-hydrogen) atoms. The standard InChI is InChI=1S/C27H21F9O4S/c28-19-8-10-20(11-9-19)41(38,39)24(12-16(13-24)14-37)17-4-6-18(7-5-17)25(26(31,32)33,27(34,35)36)40-15-21-22(29)2-1-3-23(21)30/h1-11,16,37H,12-15H2. The van der Waals surface area contributed by atoms with Gasteiger partial charge in [-0.25, -0.2) is 21.6 Å². The first kappa shape index (κ1) is 30.8. The largest absolute Gasteiger partial charge is 0.430 e. The van der Waals surface area contributed by atoms with Crippen molar-refractivity contribution in [3.05, 3.63) is 101 Å². The van der Waals surface area contributed by atoms with Crippen LogP contribution in [0.2, 0.25) is 0 Å². The predicted octanol–water partition coefficient (Wildman–Crippen LogP) is 6.71. The molecule has 0 aromatic heterocycles. The SMILES string of the molecule is O=S(=O)(c1ccc(F)cc1)C1(c2ccc(C(OCc3c(F)cccc3F)(C(F)(F)F)C(F)(F)F)cc2)CC(CO)C1. The molecular formula is C27H21F9O4S. The molecule has 0 heterocycles. The molecule has 4 rings (SSSR count). The molecule has 4 nitrogen and oxygen atoms in total. The number of rotatable bonds is 8. The molecule has 1 N–H and O–H groups in total. The van der Waals surface area contributed by atoms with Gasteiger partial charge in [0.15, 0.2) is 9.84 Å². The average Bonchev–Trinajstić information content (AvgIpc) is 2.85. The van der Waals surface area contributed by atoms with E-state index < -0.39 is 80.2 Å². The Hall–Kier alpha value is -3.10. The Morgan fingerprint density at radius 2 is 1.32 bits per heavy atom. The molecule has 0 bridgehead atoms. The van der Waals surface area contributed by atoms with Crippen LogP contribution in [0.5, 0.6) is 0 Å². The van der Waals surface area contributed by atoms with Crippen LogP contribution in [0.4, 0.5) is 39.5 Å². The summed E-state index contributed by atoms with van der Waals surface area (Å²) in [5, 5.41) is 9.50. The van der Waals surface area contributed by atoms with Crippen LogP contribution in [0.3, 0.4) is 0 Å². The minimum Gasteiger partial charge on any atom is -0.396 e. The first-order valence-electron chi connectivity index (χ1n) is 11.9. The molecule has 14 heteroatoms. The Bertz CT molecular complexity index is 1460. The fourth-order valence-electron chi connectivity index (χ4n) is 5.05. The lowest BCUT2D eigenvalue weighted by Gasteiger charge is -2.47. The summed E-state index contributed by atoms with van der Waals surface area (Å²) < 4.78 is 156. The molecule has 222 valence electrons. The second-order valence-electron chi connectivity index (χ2n) is 9.65. The van der Waals surface area contributed by atoms with Crippen LogP contribution in [-0.4, -0.2) is 32.5 Å². The number of hydrogen-bond acceptors (Lipinski definition) is 4. The molecule has 1 aliphatic carbocycles. The highest BCUT2D eigenvalue weighted by atomic mass is 32.2. The number of alkyl halides is 6. The molecule has 0 unspecified atom stereocenters. The van der Waals surface area contributed by atoms with Gasteiger partial charge in [0, 0.05) is 17.7 Å². The monoisotopic (exact) mass is 612 g/mol. The highest BCUT2D eigenvalue weighted by Gasteiger charge is 2.73. The van der Waals surface area contributed by atoms with Crippen molar-refractivity contribution < 1.29 is 57.8 Å². The van der Waals surface area contributed by atoms with E-state index in [1.165, 1.54) is 0 Å². The number of halogens is 9. The Labute approximate surface area is 228 Å². The van der Waals surface area contributed by atoms with Gasteiger partial charge in [-0.15, -0.1) is 0 Å². The van der Waals surface area contributed by atoms with Gasteiger partial charge in [-0.3, -0.25) is 0 Å². The van der Waals surface area contributed by atoms with Gasteiger partial charge >= 0.3 is 12.4 Å². The van der Waals surface area contributed by atoms with E-state index in [2.05, 4.69) is 4.74 Å². The molecule has 3 aromatic carbocycles. The van der Waals surface area contributed by atoms with E-state index >= 15 is 0 Å². The van der Waals surface area contributed by atoms with Gasteiger partial charge in [-0.2, -0.15) is 26.3 Å². The highest BCUT2D eigenvalue weighted by Crippen LogP contribution is 2.56. The van der Waals surface area contributed by atoms with E-state index in [0.29, 0.717) is 24.3 Å². The molecular weight excluding hydrogens is 591 g/mol. The topological polar surface area (TPSA) is 63.6 Å². The third-order valence-corrected chi connectivity index (χ3v) is 9.73. The molecule has 0 aliphatic heterocycles. The first-order chi connectivity index (χ1) is 19.0. The fourth-order valence-corrected chi connectivity index (χ4v) is 7.35. The van der Waals surface area contributed by atoms with Crippen molar-refractivity contribution >= 4 is 9.84 Å². The van der Waals surface area contributed by atoms with Gasteiger partial charge in [-0.05, 0) is 60.7 Å². The number of ether oxygens (including phenoxy) is 1. The van der Waals surface area contributed by atoms with Crippen LogP contribution >= 0.6 is 0 Å². The minimum absolute atomic E-state index is 0.173. The number of aliphatic hydroxyl groups excluding tert-OH is 1. The van der Waals surface area contributed by atoms with Crippen LogP contribution in [0, 0.1) is 23.4 Å². The number of hydrogen-bond donors (Lipinski definition) is 1. The molecule has 1 aliphatic rings. The van der Waals surface area contributed by atoms with Gasteiger partial charge in [0.25, 0.3) is 5.60 Å². The van der Waals surface area contributed by atoms with Crippen LogP contribution in [-0.2, 0) is 31.5 Å². The number of aliphatic hydroxyl groups is 1. The number of sulfone groups is 1. The molecule has 0 saturated heterocycles. The van der Waals surface area contributed by atoms with Gasteiger partial charge < -0.3 is 9.84 Å². The lowest BCUT2D eigenvalue weighted by molar-refractivity contribution is -0.392. The Morgan fingerprint density at radius 3 is 1.78 bits per heavy atom. The molecule has 0 amide bonds. The molecule has 3 aromatic rings. The summed E-state index contributed by atoms with van der Waals surface area (Å²) in [5.74, 6) is -4.12. The molecule has 1 saturated carbocycles. The maximum absolute atomic E-state index is 14.2. The summed E-state index contributed by atoms with van der Waals surface area (Å²) in [6, 6.07) is 8.16. The quantitative estimate of drug-likeness (QED) is 0.227. The predicted molar refractivity (Wildman–Crippen MR) is 126 cm³/mol. The van der Waals surface area contributed by atoms with E-state index in [4.69, 9.17) is 0 Å². The van der Waals surface area contributed by atoms with E-state index in [0.717, 1.165) is 42.5 Å². The lowest BCUT2D eigenvalue weighted by Crippen LogP contribution is -2.56. The van der Waals surface area contributed by atoms with Crippen LogP contribution in [0.25, 0.3) is 0 Å². The second-order valence-corrected chi connectivity index (χ2v) is 11.9. The smallest absolute Gasteiger partial charge is 0.396 e. The van der Waals surface area contributed by atoms with Crippen molar-refractivity contribution in [3.8, 4) is 0 Å². The van der Waals surface area contributed by atoms with Crippen molar-refractivity contribution in [2.24, 2.45) is 5.92 Å². The summed E-state index contributed by atoms with van der Waals surface area (Å²) in [6.45, 7) is -2.16. The Morgan fingerprint density at radius 1 is 0.805 bits per heavy atom. The third-order valence-electron chi connectivity index (χ3n) is 7.24. The van der Waals surface area contributed by atoms with Crippen molar-refractivity contribution in [1.82, 2.24) is 0 Å². The van der Waals surface area contributed by atoms with E-state index in [-0.39, 0.29) is 23.3 Å². The van der Waals surface area contributed by atoms with Gasteiger partial charge in [0.2, 0.25) is 0 Å². The minimum atomic E-state index is -6.18. The van der Waals surface area contributed by atoms with Gasteiger partial charge in [0.05, 0.1) is 11.5 Å². The van der Waals surface area contributed by atoms with Crippen LogP contribution in [0.1, 0.15) is 29.5 Å². The van der Waals surface area contributed by atoms with Crippen molar-refractivity contribution in [2.75, 3.05) is 6.61 Å².